The van der Waals surface area contributed by atoms with Crippen molar-refractivity contribution in [3.8, 4) is 45.0 Å². The lowest BCUT2D eigenvalue weighted by Gasteiger charge is -2.19. The first-order chi connectivity index (χ1) is 59.9. The Morgan fingerprint density at radius 1 is 0.331 bits per heavy atom. The Kier molecular flexibility index (Phi) is 21.0. The lowest BCUT2D eigenvalue weighted by Crippen LogP contribution is -2.32. The number of hydrogen-bond donors (Lipinski definition) is 0. The standard InChI is InChI=1S/C28H26FN2O.C27H24FN2O.C27H26FN2O.C26H24FN2O/c1-17-10-11-21-22-13-15-25(29)30-28(22)32-27(21)26(17)24-14-12-20-19(16-18-6-3-4-7-18)8-5-9-23(20)31(24)2;1-16-10-11-20-21-13-15-24(28)29-27(21)31-26(20)25(16)23-14-12-19-18(17-6-3-4-7-17)8-5-9-22(19)30(23)2;1-16-9-10-19-20-12-14-23(28)29-26(20)31-25(19)24(16)22-13-11-18-17(15-27(2,3)4)7-6-8-21(18)30(22)5;1-15(2)14-17-6-5-7-21-18(17)10-12-22(29(21)4)24-16(3)8-9-19-20-11-13-23(27)28-26(20)30-25(19)24/h5,8-15,18H,3-4,6-7,16H2,1-2H3;5,8-15,17H,3-4,6-7H2,1-2H3;6-14H,15H2,1-5H3;5-13,15H,14H2,1-4H3/q4*+1. The second kappa shape index (κ2) is 32.3. The summed E-state index contributed by atoms with van der Waals surface area (Å²) in [5, 5.41) is 12.3. The Morgan fingerprint density at radius 2 is 0.621 bits per heavy atom. The van der Waals surface area contributed by atoms with Crippen molar-refractivity contribution in [1.82, 2.24) is 19.9 Å². The van der Waals surface area contributed by atoms with Crippen LogP contribution in [-0.2, 0) is 47.5 Å². The minimum atomic E-state index is -0.535. The fourth-order valence-corrected chi connectivity index (χ4v) is 20.0. The van der Waals surface area contributed by atoms with Crippen LogP contribution in [0.4, 0.5) is 17.6 Å². The maximum Gasteiger partial charge on any atom is 0.229 e. The van der Waals surface area contributed by atoms with Crippen LogP contribution in [0.15, 0.2) is 236 Å². The van der Waals surface area contributed by atoms with Crippen molar-refractivity contribution >= 4 is 132 Å². The van der Waals surface area contributed by atoms with Crippen molar-refractivity contribution in [2.45, 2.75) is 139 Å². The fourth-order valence-electron chi connectivity index (χ4n) is 20.0. The van der Waals surface area contributed by atoms with Gasteiger partial charge in [0.1, 0.15) is 28.2 Å². The number of fused-ring (bicyclic) bond motifs is 16. The maximum atomic E-state index is 13.7. The molecule has 22 rings (SSSR count). The van der Waals surface area contributed by atoms with Crippen LogP contribution in [0.3, 0.4) is 0 Å². The van der Waals surface area contributed by atoms with Crippen molar-refractivity contribution < 1.29 is 53.5 Å². The predicted octanol–water partition coefficient (Wildman–Crippen LogP) is 26.5. The SMILES string of the molecule is Cc1ccc2c(oc3nc(F)ccc32)c1-c1ccc2c(C3CCCC3)cccc2[n+]1C.Cc1ccc2c(oc3nc(F)ccc32)c1-c1ccc2c(CC(C)(C)C)cccc2[n+]1C.Cc1ccc2c(oc3nc(F)ccc32)c1-c1ccc2c(CC(C)C)cccc2[n+]1C.Cc1ccc2c(oc3nc(F)ccc32)c1-c1ccc2c(CC3CCCC3)cccc2[n+]1C. The molecule has 2 aliphatic rings. The topological polar surface area (TPSA) is 120 Å². The Bertz CT molecular complexity index is 7690. The third kappa shape index (κ3) is 14.7. The first kappa shape index (κ1) is 80.6. The largest absolute Gasteiger partial charge is 0.437 e. The molecule has 0 bridgehead atoms. The molecule has 20 aromatic rings. The van der Waals surface area contributed by atoms with Crippen LogP contribution in [0, 0.1) is 68.7 Å². The molecule has 2 saturated carbocycles. The zero-order valence-electron chi connectivity index (χ0n) is 72.5. The van der Waals surface area contributed by atoms with Gasteiger partial charge >= 0.3 is 0 Å². The lowest BCUT2D eigenvalue weighted by atomic mass is 9.86. The van der Waals surface area contributed by atoms with E-state index >= 15 is 0 Å². The van der Waals surface area contributed by atoms with E-state index in [2.05, 4.69) is 274 Å². The highest BCUT2D eigenvalue weighted by Crippen LogP contribution is 2.45. The molecule has 0 aliphatic heterocycles. The van der Waals surface area contributed by atoms with Gasteiger partial charge in [0.15, 0.2) is 22.3 Å². The molecule has 0 saturated heterocycles. The van der Waals surface area contributed by atoms with Crippen LogP contribution in [0.5, 0.6) is 0 Å². The van der Waals surface area contributed by atoms with Gasteiger partial charge in [-0.3, -0.25) is 0 Å². The van der Waals surface area contributed by atoms with E-state index in [4.69, 9.17) is 17.7 Å². The lowest BCUT2D eigenvalue weighted by molar-refractivity contribution is -0.633. The molecule has 0 atom stereocenters. The summed E-state index contributed by atoms with van der Waals surface area (Å²) < 4.78 is 88.1. The van der Waals surface area contributed by atoms with Gasteiger partial charge in [-0.25, -0.2) is 0 Å². The number of halogens is 4. The molecule has 0 unspecified atom stereocenters. The van der Waals surface area contributed by atoms with E-state index in [1.54, 1.807) is 24.3 Å². The van der Waals surface area contributed by atoms with Gasteiger partial charge in [-0.1, -0.05) is 170 Å². The highest BCUT2D eigenvalue weighted by atomic mass is 19.1. The number of benzene rings is 8. The minimum Gasteiger partial charge on any atom is -0.437 e. The van der Waals surface area contributed by atoms with Gasteiger partial charge in [-0.2, -0.15) is 55.8 Å². The van der Waals surface area contributed by atoms with Crippen LogP contribution < -0.4 is 18.3 Å². The summed E-state index contributed by atoms with van der Waals surface area (Å²) in [4.78, 5) is 15.8. The summed E-state index contributed by atoms with van der Waals surface area (Å²) in [7, 11) is 8.43. The van der Waals surface area contributed by atoms with Gasteiger partial charge < -0.3 is 17.7 Å². The normalized spacial score (nSPS) is 13.5. The van der Waals surface area contributed by atoms with Gasteiger partial charge in [0.05, 0.1) is 22.3 Å². The van der Waals surface area contributed by atoms with Gasteiger partial charge in [0, 0.05) is 113 Å². The summed E-state index contributed by atoms with van der Waals surface area (Å²) in [6, 6.07) is 73.1. The summed E-state index contributed by atoms with van der Waals surface area (Å²) in [6.45, 7) is 19.6. The number of aromatic nitrogens is 8. The number of aryl methyl sites for hydroxylation is 8. The first-order valence-electron chi connectivity index (χ1n) is 43.5. The molecule has 12 nitrogen and oxygen atoms in total. The average molecular weight is 1650 g/mol. The van der Waals surface area contributed by atoms with Gasteiger partial charge in [0.2, 0.25) is 91.5 Å². The number of pyridine rings is 8. The van der Waals surface area contributed by atoms with E-state index in [0.29, 0.717) is 34.7 Å². The maximum absolute atomic E-state index is 13.7. The van der Waals surface area contributed by atoms with E-state index in [1.165, 1.54) is 141 Å². The molecule has 0 amide bonds. The van der Waals surface area contributed by atoms with Crippen molar-refractivity contribution in [1.29, 1.82) is 0 Å². The smallest absolute Gasteiger partial charge is 0.229 e. The predicted molar refractivity (Wildman–Crippen MR) is 490 cm³/mol. The third-order valence-electron chi connectivity index (χ3n) is 26.0. The summed E-state index contributed by atoms with van der Waals surface area (Å²) in [5.74, 6) is -0.0521. The van der Waals surface area contributed by atoms with Crippen LogP contribution in [0.25, 0.3) is 177 Å². The molecule has 0 spiro atoms. The van der Waals surface area contributed by atoms with E-state index in [1.807, 2.05) is 24.3 Å². The minimum absolute atomic E-state index is 0.213. The van der Waals surface area contributed by atoms with E-state index in [-0.39, 0.29) is 5.41 Å². The first-order valence-corrected chi connectivity index (χ1v) is 43.5. The zero-order valence-corrected chi connectivity index (χ0v) is 72.5. The van der Waals surface area contributed by atoms with Gasteiger partial charge in [-0.05, 0) is 200 Å². The second-order valence-electron chi connectivity index (χ2n) is 36.0. The van der Waals surface area contributed by atoms with Crippen LogP contribution in [0.2, 0.25) is 0 Å². The molecule has 124 heavy (non-hydrogen) atoms. The number of hydrogen-bond acceptors (Lipinski definition) is 8. The molecular formula is C108H100F4N8O4+4. The second-order valence-corrected chi connectivity index (χ2v) is 36.0. The van der Waals surface area contributed by atoms with Crippen molar-refractivity contribution in [2.24, 2.45) is 45.4 Å². The number of furan rings is 4. The van der Waals surface area contributed by atoms with E-state index in [0.717, 1.165) is 158 Å². The Balaban J connectivity index is 0.000000108. The van der Waals surface area contributed by atoms with Crippen LogP contribution in [-0.4, -0.2) is 19.9 Å². The van der Waals surface area contributed by atoms with E-state index < -0.39 is 23.8 Å². The highest BCUT2D eigenvalue weighted by Gasteiger charge is 2.31. The Labute approximate surface area is 717 Å². The molecule has 16 heteroatoms. The average Bonchev–Trinajstić information content (AvgIpc) is 1.54. The Morgan fingerprint density at radius 3 is 0.976 bits per heavy atom. The zero-order chi connectivity index (χ0) is 85.8. The van der Waals surface area contributed by atoms with Crippen molar-refractivity contribution in [3.05, 3.63) is 287 Å². The summed E-state index contributed by atoms with van der Waals surface area (Å²) in [6.07, 6.45) is 13.9. The molecule has 0 radical (unpaired) electrons. The Hall–Kier alpha value is -13.1. The molecule has 0 N–H and O–H groups in total. The number of rotatable bonds is 10. The van der Waals surface area contributed by atoms with Gasteiger partial charge in [0.25, 0.3) is 0 Å². The van der Waals surface area contributed by atoms with E-state index in [9.17, 15) is 17.6 Å². The highest BCUT2D eigenvalue weighted by molar-refractivity contribution is 6.12. The molecule has 8 aromatic carbocycles. The number of nitrogens with zero attached hydrogens (tertiary/aromatic N) is 8. The third-order valence-corrected chi connectivity index (χ3v) is 26.0. The quantitative estimate of drug-likeness (QED) is 0.0754. The molecular weight excluding hydrogens is 1550 g/mol. The molecule has 2 aliphatic carbocycles. The van der Waals surface area contributed by atoms with Gasteiger partial charge in [-0.15, -0.1) is 0 Å². The monoisotopic (exact) mass is 1650 g/mol. The van der Waals surface area contributed by atoms with Crippen LogP contribution >= 0.6 is 0 Å². The van der Waals surface area contributed by atoms with Crippen LogP contribution in [0.1, 0.15) is 136 Å². The fraction of sp³-hybridized carbons (Fsp3) is 0.259. The summed E-state index contributed by atoms with van der Waals surface area (Å²) >= 11 is 0. The molecule has 12 aromatic heterocycles. The molecule has 2 fully saturated rings. The molecule has 12 heterocycles. The molecule has 620 valence electrons. The van der Waals surface area contributed by atoms with Crippen molar-refractivity contribution in [3.63, 3.8) is 0 Å². The summed E-state index contributed by atoms with van der Waals surface area (Å²) in [5.41, 5.74) is 27.8. The van der Waals surface area contributed by atoms with Crippen molar-refractivity contribution in [2.75, 3.05) is 0 Å².